The van der Waals surface area contributed by atoms with Crippen molar-refractivity contribution in [3.05, 3.63) is 52.2 Å². The first-order valence-electron chi connectivity index (χ1n) is 8.68. The van der Waals surface area contributed by atoms with Crippen molar-refractivity contribution in [1.29, 1.82) is 0 Å². The highest BCUT2D eigenvalue weighted by molar-refractivity contribution is 5.95. The van der Waals surface area contributed by atoms with Gasteiger partial charge in [0.15, 0.2) is 16.9 Å². The summed E-state index contributed by atoms with van der Waals surface area (Å²) in [5.41, 5.74) is 0.718. The van der Waals surface area contributed by atoms with Crippen LogP contribution in [0.15, 0.2) is 45.6 Å². The lowest BCUT2D eigenvalue weighted by Crippen LogP contribution is -2.30. The van der Waals surface area contributed by atoms with E-state index in [2.05, 4.69) is 5.32 Å². The summed E-state index contributed by atoms with van der Waals surface area (Å²) >= 11 is 0. The van der Waals surface area contributed by atoms with Crippen LogP contribution in [0.25, 0.3) is 22.3 Å². The number of methoxy groups -OCH3 is 2. The third-order valence-electron chi connectivity index (χ3n) is 4.17. The van der Waals surface area contributed by atoms with Gasteiger partial charge in [0.1, 0.15) is 16.7 Å². The first kappa shape index (κ1) is 19.3. The second-order valence-corrected chi connectivity index (χ2v) is 6.52. The Hall–Kier alpha value is -3.48. The van der Waals surface area contributed by atoms with Gasteiger partial charge in [0.05, 0.1) is 14.2 Å². The van der Waals surface area contributed by atoms with Crippen molar-refractivity contribution in [3.63, 3.8) is 0 Å². The van der Waals surface area contributed by atoms with Crippen LogP contribution in [-0.2, 0) is 0 Å². The number of phenolic OH excluding ortho intramolecular Hbond substituents is 1. The van der Waals surface area contributed by atoms with Gasteiger partial charge >= 0.3 is 0 Å². The number of benzene rings is 2. The van der Waals surface area contributed by atoms with E-state index in [1.165, 1.54) is 26.4 Å². The zero-order chi connectivity index (χ0) is 20.4. The molecule has 0 bridgehead atoms. The molecule has 7 heteroatoms. The predicted molar refractivity (Wildman–Crippen MR) is 105 cm³/mol. The molecule has 7 nitrogen and oxygen atoms in total. The highest BCUT2D eigenvalue weighted by atomic mass is 16.5. The normalized spacial score (nSPS) is 10.9. The third-order valence-corrected chi connectivity index (χ3v) is 4.17. The summed E-state index contributed by atoms with van der Waals surface area (Å²) in [6, 6.07) is 9.52. The van der Waals surface area contributed by atoms with E-state index in [9.17, 15) is 14.7 Å². The Morgan fingerprint density at radius 2 is 1.89 bits per heavy atom. The highest BCUT2D eigenvalue weighted by Gasteiger charge is 2.19. The number of hydrogen-bond acceptors (Lipinski definition) is 6. The molecule has 0 saturated carbocycles. The topological polar surface area (TPSA) is 98.0 Å². The summed E-state index contributed by atoms with van der Waals surface area (Å²) < 4.78 is 16.2. The largest absolute Gasteiger partial charge is 0.504 e. The van der Waals surface area contributed by atoms with Gasteiger partial charge in [0, 0.05) is 29.3 Å². The average Bonchev–Trinajstić information content (AvgIpc) is 2.66. The van der Waals surface area contributed by atoms with E-state index in [-0.39, 0.29) is 45.9 Å². The smallest absolute Gasteiger partial charge is 0.251 e. The van der Waals surface area contributed by atoms with E-state index < -0.39 is 5.43 Å². The minimum absolute atomic E-state index is 0.000164. The number of carbonyl (C=O) groups excluding carboxylic acids is 1. The van der Waals surface area contributed by atoms with Crippen molar-refractivity contribution < 1.29 is 23.8 Å². The van der Waals surface area contributed by atoms with Crippen LogP contribution >= 0.6 is 0 Å². The van der Waals surface area contributed by atoms with Crippen molar-refractivity contribution in [2.24, 2.45) is 0 Å². The minimum atomic E-state index is -0.438. The highest BCUT2D eigenvalue weighted by Crippen LogP contribution is 2.42. The molecular weight excluding hydrogens is 362 g/mol. The molecule has 0 atom stereocenters. The summed E-state index contributed by atoms with van der Waals surface area (Å²) in [6.07, 6.45) is 0. The van der Waals surface area contributed by atoms with Crippen molar-refractivity contribution >= 4 is 16.9 Å². The molecule has 0 aliphatic rings. The first-order valence-corrected chi connectivity index (χ1v) is 8.68. The molecule has 3 aromatic rings. The Balaban J connectivity index is 2.15. The Kier molecular flexibility index (Phi) is 5.26. The maximum absolute atomic E-state index is 12.6. The van der Waals surface area contributed by atoms with Crippen molar-refractivity contribution in [1.82, 2.24) is 5.32 Å². The van der Waals surface area contributed by atoms with Gasteiger partial charge in [-0.05, 0) is 26.0 Å². The zero-order valence-corrected chi connectivity index (χ0v) is 16.0. The minimum Gasteiger partial charge on any atom is -0.504 e. The molecule has 0 radical (unpaired) electrons. The van der Waals surface area contributed by atoms with Gasteiger partial charge in [0.2, 0.25) is 5.75 Å². The molecule has 0 spiro atoms. The van der Waals surface area contributed by atoms with E-state index in [0.717, 1.165) is 0 Å². The third kappa shape index (κ3) is 3.51. The molecule has 1 aromatic heterocycles. The van der Waals surface area contributed by atoms with Gasteiger partial charge in [-0.2, -0.15) is 0 Å². The number of hydrogen-bond donors (Lipinski definition) is 2. The van der Waals surface area contributed by atoms with Gasteiger partial charge < -0.3 is 24.3 Å². The second-order valence-electron chi connectivity index (χ2n) is 6.52. The van der Waals surface area contributed by atoms with E-state index in [4.69, 9.17) is 13.9 Å². The van der Waals surface area contributed by atoms with Crippen molar-refractivity contribution in [2.45, 2.75) is 19.9 Å². The molecule has 2 N–H and O–H groups in total. The fourth-order valence-electron chi connectivity index (χ4n) is 2.91. The van der Waals surface area contributed by atoms with Gasteiger partial charge in [-0.25, -0.2) is 0 Å². The predicted octanol–water partition coefficient (Wildman–Crippen LogP) is 3.32. The first-order chi connectivity index (χ1) is 13.3. The van der Waals surface area contributed by atoms with E-state index in [1.54, 1.807) is 24.3 Å². The van der Waals surface area contributed by atoms with Crippen LogP contribution in [0, 0.1) is 0 Å². The fourth-order valence-corrected chi connectivity index (χ4v) is 2.91. The molecule has 1 amide bonds. The number of phenols is 1. The Labute approximate surface area is 161 Å². The molecule has 3 rings (SSSR count). The lowest BCUT2D eigenvalue weighted by molar-refractivity contribution is 0.0943. The van der Waals surface area contributed by atoms with E-state index >= 15 is 0 Å². The van der Waals surface area contributed by atoms with Crippen molar-refractivity contribution in [3.8, 4) is 28.6 Å². The number of ether oxygens (including phenoxy) is 2. The van der Waals surface area contributed by atoms with Crippen LogP contribution in [0.5, 0.6) is 17.2 Å². The summed E-state index contributed by atoms with van der Waals surface area (Å²) in [7, 11) is 2.79. The molecule has 2 aromatic carbocycles. The molecule has 0 aliphatic carbocycles. The van der Waals surface area contributed by atoms with Crippen LogP contribution in [0.4, 0.5) is 0 Å². The fraction of sp³-hybridized carbons (Fsp3) is 0.238. The summed E-state index contributed by atoms with van der Waals surface area (Å²) in [5.74, 6) is -0.00479. The number of nitrogens with one attached hydrogen (secondary N) is 1. The zero-order valence-electron chi connectivity index (χ0n) is 16.0. The maximum atomic E-state index is 12.6. The molecule has 0 unspecified atom stereocenters. The van der Waals surface area contributed by atoms with Crippen molar-refractivity contribution in [2.75, 3.05) is 14.2 Å². The average molecular weight is 383 g/mol. The molecule has 1 heterocycles. The summed E-state index contributed by atoms with van der Waals surface area (Å²) in [4.78, 5) is 24.9. The maximum Gasteiger partial charge on any atom is 0.251 e. The molecule has 0 aliphatic heterocycles. The molecule has 0 saturated heterocycles. The van der Waals surface area contributed by atoms with Gasteiger partial charge in [-0.1, -0.05) is 12.1 Å². The molecule has 28 heavy (non-hydrogen) atoms. The Bertz CT molecular complexity index is 1100. The number of carbonyl (C=O) groups is 1. The number of rotatable bonds is 5. The SMILES string of the molecule is COc1cc2oc(-c3cccc(C(=O)NC(C)C)c3)cc(=O)c2c(O)c1OC. The standard InChI is InChI=1S/C21H21NO6/c1-11(2)22-21(25)13-7-5-6-12(8-13)15-9-14(23)18-16(28-15)10-17(26-3)20(27-4)19(18)24/h5-11,24H,1-4H3,(H,22,25). The van der Waals surface area contributed by atoms with Crippen LogP contribution in [0.2, 0.25) is 0 Å². The van der Waals surface area contributed by atoms with E-state index in [0.29, 0.717) is 11.1 Å². The quantitative estimate of drug-likeness (QED) is 0.701. The van der Waals surface area contributed by atoms with Crippen LogP contribution in [0.3, 0.4) is 0 Å². The lowest BCUT2D eigenvalue weighted by Gasteiger charge is -2.12. The van der Waals surface area contributed by atoms with Crippen LogP contribution < -0.4 is 20.2 Å². The molecular formula is C21H21NO6. The summed E-state index contributed by atoms with van der Waals surface area (Å²) in [5, 5.41) is 13.2. The van der Waals surface area contributed by atoms with Crippen LogP contribution in [-0.4, -0.2) is 31.3 Å². The van der Waals surface area contributed by atoms with Crippen LogP contribution in [0.1, 0.15) is 24.2 Å². The molecule has 0 fully saturated rings. The number of fused-ring (bicyclic) bond motifs is 1. The number of aromatic hydroxyl groups is 1. The van der Waals surface area contributed by atoms with Gasteiger partial charge in [-0.15, -0.1) is 0 Å². The monoisotopic (exact) mass is 383 g/mol. The van der Waals surface area contributed by atoms with E-state index in [1.807, 2.05) is 13.8 Å². The molecule has 146 valence electrons. The second kappa shape index (κ2) is 7.64. The number of amides is 1. The Morgan fingerprint density at radius 1 is 1.14 bits per heavy atom. The lowest BCUT2D eigenvalue weighted by atomic mass is 10.1. The van der Waals surface area contributed by atoms with Gasteiger partial charge in [-0.3, -0.25) is 9.59 Å². The Morgan fingerprint density at radius 3 is 2.54 bits per heavy atom. The van der Waals surface area contributed by atoms with Gasteiger partial charge in [0.25, 0.3) is 5.91 Å². The summed E-state index contributed by atoms with van der Waals surface area (Å²) in [6.45, 7) is 3.75.